The summed E-state index contributed by atoms with van der Waals surface area (Å²) in [6, 6.07) is 20.7. The van der Waals surface area contributed by atoms with Crippen molar-refractivity contribution in [2.75, 3.05) is 18.4 Å². The number of carbonyl (C=O) groups excluding carboxylic acids is 1. The van der Waals surface area contributed by atoms with Crippen LogP contribution in [0, 0.1) is 0 Å². The molecule has 2 fully saturated rings. The van der Waals surface area contributed by atoms with Gasteiger partial charge in [-0.15, -0.1) is 0 Å². The molecule has 154 valence electrons. The molecule has 2 aromatic carbocycles. The van der Waals surface area contributed by atoms with Crippen molar-refractivity contribution in [2.24, 2.45) is 0 Å². The first-order valence-electron chi connectivity index (χ1n) is 10.9. The molecular weight excluding hydrogens is 372 g/mol. The number of aromatic nitrogens is 1. The zero-order valence-corrected chi connectivity index (χ0v) is 17.2. The molecule has 0 unspecified atom stereocenters. The molecule has 0 aliphatic carbocycles. The SMILES string of the molecule is O=C(NCc1ccccc1)[C@@]12CCCCN1C[C@@H](Nc1nccc3ccccc13)C2. The van der Waals surface area contributed by atoms with E-state index in [4.69, 9.17) is 0 Å². The molecule has 2 N–H and O–H groups in total. The summed E-state index contributed by atoms with van der Waals surface area (Å²) >= 11 is 0. The lowest BCUT2D eigenvalue weighted by atomic mass is 9.84. The van der Waals surface area contributed by atoms with Crippen molar-refractivity contribution in [2.45, 2.75) is 43.8 Å². The van der Waals surface area contributed by atoms with E-state index in [9.17, 15) is 4.79 Å². The zero-order chi connectivity index (χ0) is 20.4. The Kier molecular flexibility index (Phi) is 5.13. The molecule has 1 amide bonds. The van der Waals surface area contributed by atoms with Crippen LogP contribution >= 0.6 is 0 Å². The third-order valence-corrected chi connectivity index (χ3v) is 6.63. The highest BCUT2D eigenvalue weighted by Gasteiger charge is 2.51. The summed E-state index contributed by atoms with van der Waals surface area (Å²) in [5, 5.41) is 9.20. The summed E-state index contributed by atoms with van der Waals surface area (Å²) in [6.45, 7) is 2.45. The smallest absolute Gasteiger partial charge is 0.240 e. The van der Waals surface area contributed by atoms with Gasteiger partial charge in [0.15, 0.2) is 0 Å². The Morgan fingerprint density at radius 1 is 1.07 bits per heavy atom. The van der Waals surface area contributed by atoms with Crippen LogP contribution in [-0.4, -0.2) is 40.5 Å². The van der Waals surface area contributed by atoms with E-state index in [0.717, 1.165) is 55.5 Å². The molecule has 0 spiro atoms. The van der Waals surface area contributed by atoms with Crippen molar-refractivity contribution in [1.29, 1.82) is 0 Å². The van der Waals surface area contributed by atoms with Crippen molar-refractivity contribution in [3.05, 3.63) is 72.4 Å². The second kappa shape index (κ2) is 8.07. The molecule has 30 heavy (non-hydrogen) atoms. The molecule has 5 heteroatoms. The molecule has 5 nitrogen and oxygen atoms in total. The minimum atomic E-state index is -0.407. The van der Waals surface area contributed by atoms with Gasteiger partial charge in [0, 0.05) is 30.7 Å². The number of fused-ring (bicyclic) bond motifs is 2. The topological polar surface area (TPSA) is 57.3 Å². The van der Waals surface area contributed by atoms with E-state index < -0.39 is 5.54 Å². The van der Waals surface area contributed by atoms with Crippen LogP contribution < -0.4 is 10.6 Å². The predicted octanol–water partition coefficient (Wildman–Crippen LogP) is 3.96. The van der Waals surface area contributed by atoms with Crippen LogP contribution in [0.15, 0.2) is 66.9 Å². The fraction of sp³-hybridized carbons (Fsp3) is 0.360. The van der Waals surface area contributed by atoms with E-state index in [0.29, 0.717) is 6.54 Å². The molecule has 2 aliphatic heterocycles. The van der Waals surface area contributed by atoms with Gasteiger partial charge in [-0.25, -0.2) is 4.98 Å². The minimum Gasteiger partial charge on any atom is -0.365 e. The maximum absolute atomic E-state index is 13.4. The number of benzene rings is 2. The molecule has 3 aromatic rings. The number of pyridine rings is 1. The third-order valence-electron chi connectivity index (χ3n) is 6.63. The first-order chi connectivity index (χ1) is 14.7. The second-order valence-electron chi connectivity index (χ2n) is 8.53. The first kappa shape index (κ1) is 19.1. The Balaban J connectivity index is 1.34. The average molecular weight is 401 g/mol. The number of piperidine rings is 1. The number of rotatable bonds is 5. The summed E-state index contributed by atoms with van der Waals surface area (Å²) in [5.74, 6) is 1.08. The van der Waals surface area contributed by atoms with Crippen LogP contribution in [0.3, 0.4) is 0 Å². The van der Waals surface area contributed by atoms with Gasteiger partial charge < -0.3 is 10.6 Å². The molecule has 2 atom stereocenters. The van der Waals surface area contributed by atoms with Crippen LogP contribution in [0.25, 0.3) is 10.8 Å². The van der Waals surface area contributed by atoms with Crippen LogP contribution in [0.5, 0.6) is 0 Å². The number of hydrogen-bond acceptors (Lipinski definition) is 4. The maximum atomic E-state index is 13.4. The van der Waals surface area contributed by atoms with Crippen molar-refractivity contribution in [3.63, 3.8) is 0 Å². The second-order valence-corrected chi connectivity index (χ2v) is 8.53. The van der Waals surface area contributed by atoms with Crippen molar-refractivity contribution in [3.8, 4) is 0 Å². The standard InChI is InChI=1S/C25H28N4O/c30-24(27-17-19-8-2-1-3-9-19)25-13-6-7-15-29(25)18-21(16-25)28-23-22-11-5-4-10-20(22)12-14-26-23/h1-5,8-12,14,21H,6-7,13,15-18H2,(H,26,28)(H,27,30)/t21-,25-/m0/s1. The van der Waals surface area contributed by atoms with E-state index in [1.165, 1.54) is 5.39 Å². The Bertz CT molecular complexity index is 1030. The molecule has 2 saturated heterocycles. The lowest BCUT2D eigenvalue weighted by molar-refractivity contribution is -0.134. The Morgan fingerprint density at radius 3 is 2.80 bits per heavy atom. The van der Waals surface area contributed by atoms with Gasteiger partial charge in [0.25, 0.3) is 0 Å². The molecular formula is C25H28N4O. The van der Waals surface area contributed by atoms with Gasteiger partial charge in [0.1, 0.15) is 11.4 Å². The lowest BCUT2D eigenvalue weighted by Crippen LogP contribution is -2.57. The van der Waals surface area contributed by atoms with Gasteiger partial charge in [-0.1, -0.05) is 54.6 Å². The summed E-state index contributed by atoms with van der Waals surface area (Å²) in [7, 11) is 0. The van der Waals surface area contributed by atoms with E-state index in [1.807, 2.05) is 42.6 Å². The fourth-order valence-electron chi connectivity index (χ4n) is 5.14. The van der Waals surface area contributed by atoms with Crippen molar-refractivity contribution in [1.82, 2.24) is 15.2 Å². The summed E-state index contributed by atoms with van der Waals surface area (Å²) in [4.78, 5) is 20.4. The van der Waals surface area contributed by atoms with Gasteiger partial charge >= 0.3 is 0 Å². The quantitative estimate of drug-likeness (QED) is 0.681. The number of nitrogens with one attached hydrogen (secondary N) is 2. The number of carbonyl (C=O) groups is 1. The monoisotopic (exact) mass is 400 g/mol. The van der Waals surface area contributed by atoms with Crippen LogP contribution in [-0.2, 0) is 11.3 Å². The van der Waals surface area contributed by atoms with Gasteiger partial charge in [0.2, 0.25) is 5.91 Å². The normalized spacial score (nSPS) is 23.8. The molecule has 0 saturated carbocycles. The van der Waals surface area contributed by atoms with E-state index in [1.54, 1.807) is 0 Å². The molecule has 3 heterocycles. The van der Waals surface area contributed by atoms with Gasteiger partial charge in [-0.05, 0) is 49.2 Å². The highest BCUT2D eigenvalue weighted by molar-refractivity contribution is 5.92. The molecule has 2 aliphatic rings. The van der Waals surface area contributed by atoms with Gasteiger partial charge in [-0.2, -0.15) is 0 Å². The molecule has 0 bridgehead atoms. The van der Waals surface area contributed by atoms with Crippen LogP contribution in [0.1, 0.15) is 31.2 Å². The summed E-state index contributed by atoms with van der Waals surface area (Å²) in [6.07, 6.45) is 5.87. The van der Waals surface area contributed by atoms with Crippen molar-refractivity contribution >= 4 is 22.5 Å². The fourth-order valence-corrected chi connectivity index (χ4v) is 5.14. The largest absolute Gasteiger partial charge is 0.365 e. The summed E-state index contributed by atoms with van der Waals surface area (Å²) < 4.78 is 0. The van der Waals surface area contributed by atoms with Gasteiger partial charge in [0.05, 0.1) is 0 Å². The highest BCUT2D eigenvalue weighted by Crippen LogP contribution is 2.39. The minimum absolute atomic E-state index is 0.168. The highest BCUT2D eigenvalue weighted by atomic mass is 16.2. The van der Waals surface area contributed by atoms with E-state index in [2.05, 4.69) is 44.8 Å². The van der Waals surface area contributed by atoms with Crippen LogP contribution in [0.2, 0.25) is 0 Å². The number of anilines is 1. The van der Waals surface area contributed by atoms with Crippen molar-refractivity contribution < 1.29 is 4.79 Å². The van der Waals surface area contributed by atoms with Gasteiger partial charge in [-0.3, -0.25) is 9.69 Å². The number of nitrogens with zero attached hydrogens (tertiary/aromatic N) is 2. The average Bonchev–Trinajstić information content (AvgIpc) is 3.18. The Hall–Kier alpha value is -2.92. The molecule has 5 rings (SSSR count). The molecule has 0 radical (unpaired) electrons. The van der Waals surface area contributed by atoms with E-state index >= 15 is 0 Å². The molecule has 1 aromatic heterocycles. The maximum Gasteiger partial charge on any atom is 0.240 e. The lowest BCUT2D eigenvalue weighted by Gasteiger charge is -2.40. The summed E-state index contributed by atoms with van der Waals surface area (Å²) in [5.41, 5.74) is 0.729. The van der Waals surface area contributed by atoms with E-state index in [-0.39, 0.29) is 11.9 Å². The third kappa shape index (κ3) is 3.54. The number of hydrogen-bond donors (Lipinski definition) is 2. The first-order valence-corrected chi connectivity index (χ1v) is 10.9. The number of amides is 1. The Labute approximate surface area is 177 Å². The zero-order valence-electron chi connectivity index (χ0n) is 17.2. The van der Waals surface area contributed by atoms with Crippen LogP contribution in [0.4, 0.5) is 5.82 Å². The predicted molar refractivity (Wildman–Crippen MR) is 120 cm³/mol. The Morgan fingerprint density at radius 2 is 1.90 bits per heavy atom.